The van der Waals surface area contributed by atoms with Gasteiger partial charge in [-0.25, -0.2) is 9.67 Å². The molecule has 0 atom stereocenters. The Morgan fingerprint density at radius 3 is 2.93 bits per heavy atom. The lowest BCUT2D eigenvalue weighted by Gasteiger charge is -2.10. The van der Waals surface area contributed by atoms with E-state index in [1.54, 1.807) is 6.20 Å². The Hall–Kier alpha value is -3.29. The van der Waals surface area contributed by atoms with E-state index < -0.39 is 0 Å². The number of nitrogens with one attached hydrogen (secondary N) is 1. The highest BCUT2D eigenvalue weighted by Crippen LogP contribution is 2.40. The minimum Gasteiger partial charge on any atom is -0.352 e. The highest BCUT2D eigenvalue weighted by atomic mass is 16.1. The maximum Gasteiger partial charge on any atom is 0.252 e. The second kappa shape index (κ2) is 6.95. The molecule has 4 aromatic rings. The largest absolute Gasteiger partial charge is 0.352 e. The molecule has 1 N–H and O–H groups in total. The number of pyridine rings is 2. The smallest absolute Gasteiger partial charge is 0.252 e. The van der Waals surface area contributed by atoms with Crippen molar-refractivity contribution in [2.24, 2.45) is 0 Å². The van der Waals surface area contributed by atoms with Crippen molar-refractivity contribution in [1.29, 1.82) is 0 Å². The van der Waals surface area contributed by atoms with E-state index in [0.29, 0.717) is 24.4 Å². The van der Waals surface area contributed by atoms with Gasteiger partial charge in [-0.2, -0.15) is 5.10 Å². The van der Waals surface area contributed by atoms with Crippen molar-refractivity contribution in [2.75, 3.05) is 6.54 Å². The van der Waals surface area contributed by atoms with Crippen LogP contribution in [0, 0.1) is 0 Å². The molecule has 1 aliphatic rings. The molecule has 1 amide bonds. The van der Waals surface area contributed by atoms with Gasteiger partial charge in [0.05, 0.1) is 17.1 Å². The number of fused-ring (bicyclic) bond motifs is 2. The van der Waals surface area contributed by atoms with Gasteiger partial charge in [0.25, 0.3) is 5.91 Å². The topological polar surface area (TPSA) is 90.0 Å². The van der Waals surface area contributed by atoms with E-state index in [0.717, 1.165) is 41.0 Å². The normalized spacial score (nSPS) is 14.2. The Kier molecular flexibility index (Phi) is 4.26. The number of amides is 1. The summed E-state index contributed by atoms with van der Waals surface area (Å²) in [5, 5.41) is 16.7. The Bertz CT molecular complexity index is 1200. The number of carbonyl (C=O) groups excluding carboxylic acids is 1. The molecule has 5 rings (SSSR count). The van der Waals surface area contributed by atoms with E-state index in [-0.39, 0.29) is 11.9 Å². The summed E-state index contributed by atoms with van der Waals surface area (Å²) in [6, 6.07) is 7.91. The first-order valence-corrected chi connectivity index (χ1v) is 10.1. The molecule has 1 fully saturated rings. The molecule has 4 aromatic heterocycles. The summed E-state index contributed by atoms with van der Waals surface area (Å²) >= 11 is 0. The van der Waals surface area contributed by atoms with Gasteiger partial charge in [0, 0.05) is 36.8 Å². The maximum absolute atomic E-state index is 13.0. The Morgan fingerprint density at radius 1 is 1.28 bits per heavy atom. The van der Waals surface area contributed by atoms with Crippen molar-refractivity contribution in [1.82, 2.24) is 34.7 Å². The molecule has 148 valence electrons. The van der Waals surface area contributed by atoms with E-state index in [1.165, 1.54) is 0 Å². The molecule has 0 aromatic carbocycles. The number of hydrogen-bond acceptors (Lipinski definition) is 5. The molecule has 1 saturated carbocycles. The first-order valence-electron chi connectivity index (χ1n) is 10.1. The van der Waals surface area contributed by atoms with Crippen molar-refractivity contribution < 1.29 is 4.79 Å². The third kappa shape index (κ3) is 3.24. The Balaban J connectivity index is 1.39. The van der Waals surface area contributed by atoms with Gasteiger partial charge in [0.2, 0.25) is 0 Å². The monoisotopic (exact) mass is 389 g/mol. The van der Waals surface area contributed by atoms with Gasteiger partial charge in [-0.15, -0.1) is 10.2 Å². The minimum absolute atomic E-state index is 0.101. The molecule has 4 heterocycles. The number of aromatic nitrogens is 6. The van der Waals surface area contributed by atoms with Crippen molar-refractivity contribution in [3.8, 4) is 0 Å². The Labute approximate surface area is 168 Å². The van der Waals surface area contributed by atoms with Crippen LogP contribution in [0.15, 0.2) is 36.7 Å². The number of carbonyl (C=O) groups is 1. The molecule has 0 radical (unpaired) electrons. The minimum atomic E-state index is -0.101. The lowest BCUT2D eigenvalue weighted by molar-refractivity contribution is 0.0955. The van der Waals surface area contributed by atoms with Gasteiger partial charge in [0.15, 0.2) is 11.3 Å². The quantitative estimate of drug-likeness (QED) is 0.548. The standard InChI is InChI=1S/C21H23N7O/c1-13(2)28-20-16(12-23-28)15(11-17(24-20)14-6-7-14)21(29)22-9-8-19-26-25-18-5-3-4-10-27(18)19/h3-5,10-14H,6-9H2,1-2H3,(H,22,29). The van der Waals surface area contributed by atoms with Gasteiger partial charge in [-0.05, 0) is 44.9 Å². The first kappa shape index (κ1) is 17.8. The summed E-state index contributed by atoms with van der Waals surface area (Å²) in [6.45, 7) is 4.62. The fourth-order valence-electron chi connectivity index (χ4n) is 3.64. The van der Waals surface area contributed by atoms with Crippen molar-refractivity contribution >= 4 is 22.6 Å². The van der Waals surface area contributed by atoms with Crippen LogP contribution in [0.3, 0.4) is 0 Å². The lowest BCUT2D eigenvalue weighted by Crippen LogP contribution is -2.26. The first-order chi connectivity index (χ1) is 14.1. The fraction of sp³-hybridized carbons (Fsp3) is 0.381. The zero-order valence-corrected chi connectivity index (χ0v) is 16.5. The fourth-order valence-corrected chi connectivity index (χ4v) is 3.64. The van der Waals surface area contributed by atoms with E-state index in [2.05, 4.69) is 34.5 Å². The third-order valence-electron chi connectivity index (χ3n) is 5.33. The third-order valence-corrected chi connectivity index (χ3v) is 5.33. The van der Waals surface area contributed by atoms with Crippen LogP contribution in [-0.2, 0) is 6.42 Å². The van der Waals surface area contributed by atoms with Gasteiger partial charge >= 0.3 is 0 Å². The van der Waals surface area contributed by atoms with Crippen molar-refractivity contribution in [3.63, 3.8) is 0 Å². The summed E-state index contributed by atoms with van der Waals surface area (Å²) in [5.41, 5.74) is 3.24. The second-order valence-electron chi connectivity index (χ2n) is 7.84. The van der Waals surface area contributed by atoms with E-state index in [9.17, 15) is 4.79 Å². The number of nitrogens with zero attached hydrogens (tertiary/aromatic N) is 6. The average Bonchev–Trinajstić information content (AvgIpc) is 3.36. The summed E-state index contributed by atoms with van der Waals surface area (Å²) in [6.07, 6.45) is 6.55. The molecular weight excluding hydrogens is 366 g/mol. The van der Waals surface area contributed by atoms with E-state index >= 15 is 0 Å². The average molecular weight is 389 g/mol. The van der Waals surface area contributed by atoms with Gasteiger partial charge < -0.3 is 5.32 Å². The molecule has 0 aliphatic heterocycles. The van der Waals surface area contributed by atoms with E-state index in [1.807, 2.05) is 39.5 Å². The summed E-state index contributed by atoms with van der Waals surface area (Å²) < 4.78 is 3.83. The predicted molar refractivity (Wildman–Crippen MR) is 109 cm³/mol. The predicted octanol–water partition coefficient (Wildman–Crippen LogP) is 2.90. The van der Waals surface area contributed by atoms with Gasteiger partial charge in [-0.3, -0.25) is 9.20 Å². The molecule has 29 heavy (non-hydrogen) atoms. The Morgan fingerprint density at radius 2 is 2.14 bits per heavy atom. The molecule has 0 spiro atoms. The molecule has 0 unspecified atom stereocenters. The molecule has 1 aliphatic carbocycles. The number of rotatable bonds is 6. The molecule has 0 saturated heterocycles. The maximum atomic E-state index is 13.0. The van der Waals surface area contributed by atoms with Crippen molar-refractivity contribution in [2.45, 2.75) is 45.1 Å². The van der Waals surface area contributed by atoms with Crippen LogP contribution < -0.4 is 5.32 Å². The summed E-state index contributed by atoms with van der Waals surface area (Å²) in [4.78, 5) is 17.8. The van der Waals surface area contributed by atoms with E-state index in [4.69, 9.17) is 4.98 Å². The molecule has 8 nitrogen and oxygen atoms in total. The number of hydrogen-bond donors (Lipinski definition) is 1. The summed E-state index contributed by atoms with van der Waals surface area (Å²) in [7, 11) is 0. The molecular formula is C21H23N7O. The molecule has 0 bridgehead atoms. The second-order valence-corrected chi connectivity index (χ2v) is 7.84. The van der Waals surface area contributed by atoms with Crippen LogP contribution in [-0.4, -0.2) is 41.8 Å². The SMILES string of the molecule is CC(C)n1ncc2c(C(=O)NCCc3nnc4ccccn34)cc(C3CC3)nc21. The summed E-state index contributed by atoms with van der Waals surface area (Å²) in [5.74, 6) is 1.19. The van der Waals surface area contributed by atoms with Crippen LogP contribution in [0.5, 0.6) is 0 Å². The van der Waals surface area contributed by atoms with Crippen LogP contribution in [0.2, 0.25) is 0 Å². The van der Waals surface area contributed by atoms with Crippen molar-refractivity contribution in [3.05, 3.63) is 53.7 Å². The van der Waals surface area contributed by atoms with Crippen LogP contribution in [0.1, 0.15) is 60.5 Å². The van der Waals surface area contributed by atoms with Crippen LogP contribution in [0.25, 0.3) is 16.7 Å². The zero-order valence-electron chi connectivity index (χ0n) is 16.5. The molecule has 8 heteroatoms. The van der Waals surface area contributed by atoms with Crippen LogP contribution >= 0.6 is 0 Å². The van der Waals surface area contributed by atoms with Gasteiger partial charge in [-0.1, -0.05) is 6.07 Å². The highest BCUT2D eigenvalue weighted by molar-refractivity contribution is 6.05. The van der Waals surface area contributed by atoms with Crippen LogP contribution in [0.4, 0.5) is 0 Å². The lowest BCUT2D eigenvalue weighted by atomic mass is 10.1. The zero-order chi connectivity index (χ0) is 20.0. The van der Waals surface area contributed by atoms with Gasteiger partial charge in [0.1, 0.15) is 5.82 Å². The highest BCUT2D eigenvalue weighted by Gasteiger charge is 2.28.